The molecule has 25 heavy (non-hydrogen) atoms. The van der Waals surface area contributed by atoms with Gasteiger partial charge < -0.3 is 15.6 Å². The van der Waals surface area contributed by atoms with Crippen molar-refractivity contribution in [2.75, 3.05) is 17.2 Å². The first-order valence-corrected chi connectivity index (χ1v) is 8.83. The summed E-state index contributed by atoms with van der Waals surface area (Å²) < 4.78 is 1.17. The Balaban J connectivity index is 1.66. The molecule has 5 rings (SSSR count). The SMILES string of the molecule is Nc1cnc(N2CCc3[nH]cnc3[C@@H]2c2nc3ccccc3s2)nc1. The summed E-state index contributed by atoms with van der Waals surface area (Å²) in [4.78, 5) is 23.7. The summed E-state index contributed by atoms with van der Waals surface area (Å²) >= 11 is 1.69. The van der Waals surface area contributed by atoms with E-state index in [2.05, 4.69) is 30.9 Å². The van der Waals surface area contributed by atoms with E-state index in [1.54, 1.807) is 30.1 Å². The Morgan fingerprint density at radius 1 is 1.16 bits per heavy atom. The molecule has 1 aliphatic rings. The van der Waals surface area contributed by atoms with Gasteiger partial charge in [-0.05, 0) is 12.1 Å². The molecule has 1 aromatic carbocycles. The third-order valence-electron chi connectivity index (χ3n) is 4.38. The molecular formula is C17H15N7S. The van der Waals surface area contributed by atoms with Gasteiger partial charge in [-0.25, -0.2) is 19.9 Å². The van der Waals surface area contributed by atoms with Crippen molar-refractivity contribution in [1.82, 2.24) is 24.9 Å². The van der Waals surface area contributed by atoms with Crippen LogP contribution in [-0.2, 0) is 6.42 Å². The molecule has 0 unspecified atom stereocenters. The number of nitrogen functional groups attached to an aromatic ring is 1. The van der Waals surface area contributed by atoms with Crippen molar-refractivity contribution in [1.29, 1.82) is 0 Å². The van der Waals surface area contributed by atoms with Gasteiger partial charge in [0, 0.05) is 18.7 Å². The maximum Gasteiger partial charge on any atom is 0.226 e. The Kier molecular flexibility index (Phi) is 3.17. The third-order valence-corrected chi connectivity index (χ3v) is 5.47. The summed E-state index contributed by atoms with van der Waals surface area (Å²) in [6, 6.07) is 8.07. The molecule has 0 aliphatic carbocycles. The zero-order valence-electron chi connectivity index (χ0n) is 13.3. The van der Waals surface area contributed by atoms with Crippen molar-refractivity contribution in [3.8, 4) is 0 Å². The maximum atomic E-state index is 5.74. The average Bonchev–Trinajstić information content (AvgIpc) is 3.28. The number of H-pyrrole nitrogens is 1. The van der Waals surface area contributed by atoms with Crippen LogP contribution in [0, 0.1) is 0 Å². The third kappa shape index (κ3) is 2.33. The molecule has 7 nitrogen and oxygen atoms in total. The van der Waals surface area contributed by atoms with Crippen LogP contribution in [0.3, 0.4) is 0 Å². The lowest BCUT2D eigenvalue weighted by molar-refractivity contribution is 0.617. The van der Waals surface area contributed by atoms with Gasteiger partial charge in [0.15, 0.2) is 0 Å². The number of rotatable bonds is 2. The first kappa shape index (κ1) is 14.4. The van der Waals surface area contributed by atoms with Crippen LogP contribution in [0.5, 0.6) is 0 Å². The smallest absolute Gasteiger partial charge is 0.226 e. The van der Waals surface area contributed by atoms with E-state index in [1.165, 1.54) is 4.70 Å². The lowest BCUT2D eigenvalue weighted by Crippen LogP contribution is -2.37. The Bertz CT molecular complexity index is 1000. The number of anilines is 2. The van der Waals surface area contributed by atoms with E-state index in [1.807, 2.05) is 18.2 Å². The van der Waals surface area contributed by atoms with Crippen LogP contribution in [0.2, 0.25) is 0 Å². The number of hydrogen-bond acceptors (Lipinski definition) is 7. The van der Waals surface area contributed by atoms with E-state index in [4.69, 9.17) is 10.7 Å². The van der Waals surface area contributed by atoms with Crippen molar-refractivity contribution in [3.05, 3.63) is 59.4 Å². The Hall–Kier alpha value is -3.00. The van der Waals surface area contributed by atoms with Gasteiger partial charge >= 0.3 is 0 Å². The first-order valence-electron chi connectivity index (χ1n) is 8.01. The van der Waals surface area contributed by atoms with Crippen LogP contribution in [0.1, 0.15) is 22.4 Å². The van der Waals surface area contributed by atoms with E-state index in [0.29, 0.717) is 11.6 Å². The number of imidazole rings is 1. The highest BCUT2D eigenvalue weighted by molar-refractivity contribution is 7.18. The van der Waals surface area contributed by atoms with Crippen LogP contribution in [0.4, 0.5) is 11.6 Å². The molecule has 0 fully saturated rings. The fraction of sp³-hybridized carbons (Fsp3) is 0.176. The molecule has 0 saturated heterocycles. The van der Waals surface area contributed by atoms with Crippen molar-refractivity contribution in [2.45, 2.75) is 12.5 Å². The van der Waals surface area contributed by atoms with Crippen LogP contribution < -0.4 is 10.6 Å². The molecule has 4 aromatic rings. The van der Waals surface area contributed by atoms with Crippen LogP contribution in [-0.4, -0.2) is 31.5 Å². The zero-order chi connectivity index (χ0) is 16.8. The molecule has 3 aromatic heterocycles. The number of nitrogens with zero attached hydrogens (tertiary/aromatic N) is 5. The van der Waals surface area contributed by atoms with Gasteiger partial charge in [0.05, 0.1) is 40.3 Å². The largest absolute Gasteiger partial charge is 0.396 e. The van der Waals surface area contributed by atoms with Crippen molar-refractivity contribution >= 4 is 33.2 Å². The number of aromatic amines is 1. The van der Waals surface area contributed by atoms with E-state index in [0.717, 1.165) is 34.9 Å². The number of thiazole rings is 1. The number of hydrogen-bond donors (Lipinski definition) is 2. The van der Waals surface area contributed by atoms with Crippen molar-refractivity contribution in [3.63, 3.8) is 0 Å². The number of nitrogens with one attached hydrogen (secondary N) is 1. The van der Waals surface area contributed by atoms with Gasteiger partial charge in [0.25, 0.3) is 0 Å². The quantitative estimate of drug-likeness (QED) is 0.577. The fourth-order valence-corrected chi connectivity index (χ4v) is 4.31. The van der Waals surface area contributed by atoms with E-state index in [-0.39, 0.29) is 6.04 Å². The second-order valence-electron chi connectivity index (χ2n) is 5.95. The van der Waals surface area contributed by atoms with Crippen LogP contribution in [0.25, 0.3) is 10.2 Å². The molecule has 0 bridgehead atoms. The first-order chi connectivity index (χ1) is 12.3. The van der Waals surface area contributed by atoms with Crippen molar-refractivity contribution in [2.24, 2.45) is 0 Å². The summed E-state index contributed by atoms with van der Waals surface area (Å²) in [5, 5.41) is 0.995. The molecule has 0 amide bonds. The monoisotopic (exact) mass is 349 g/mol. The summed E-state index contributed by atoms with van der Waals surface area (Å²) in [7, 11) is 0. The van der Waals surface area contributed by atoms with Gasteiger partial charge in [0.2, 0.25) is 5.95 Å². The van der Waals surface area contributed by atoms with Gasteiger partial charge in [0.1, 0.15) is 11.0 Å². The molecule has 0 radical (unpaired) electrons. The summed E-state index contributed by atoms with van der Waals surface area (Å²) in [6.45, 7) is 0.791. The molecule has 3 N–H and O–H groups in total. The fourth-order valence-electron chi connectivity index (χ4n) is 3.23. The average molecular weight is 349 g/mol. The Morgan fingerprint density at radius 2 is 2.00 bits per heavy atom. The van der Waals surface area contributed by atoms with Crippen LogP contribution in [0.15, 0.2) is 43.0 Å². The predicted molar refractivity (Wildman–Crippen MR) is 97.5 cm³/mol. The number of aromatic nitrogens is 5. The normalized spacial score (nSPS) is 17.0. The number of benzene rings is 1. The van der Waals surface area contributed by atoms with Gasteiger partial charge in [-0.2, -0.15) is 0 Å². The molecule has 1 atom stereocenters. The van der Waals surface area contributed by atoms with E-state index >= 15 is 0 Å². The second-order valence-corrected chi connectivity index (χ2v) is 7.01. The minimum absolute atomic E-state index is 0.101. The highest BCUT2D eigenvalue weighted by Gasteiger charge is 2.34. The highest BCUT2D eigenvalue weighted by Crippen LogP contribution is 2.38. The molecule has 124 valence electrons. The number of nitrogens with two attached hydrogens (primary N) is 1. The van der Waals surface area contributed by atoms with E-state index < -0.39 is 0 Å². The molecule has 8 heteroatoms. The van der Waals surface area contributed by atoms with Gasteiger partial charge in [-0.15, -0.1) is 11.3 Å². The van der Waals surface area contributed by atoms with Gasteiger partial charge in [-0.1, -0.05) is 12.1 Å². The standard InChI is InChI=1S/C17H15N7S/c18-10-7-19-17(20-8-10)24-6-5-12-14(22-9-21-12)15(24)16-23-11-3-1-2-4-13(11)25-16/h1-4,7-9,15H,5-6,18H2,(H,21,22)/t15-/m1/s1. The summed E-state index contributed by atoms with van der Waals surface area (Å²) in [6.07, 6.45) is 5.89. The topological polar surface area (TPSA) is 96.6 Å². The molecule has 1 aliphatic heterocycles. The Morgan fingerprint density at radius 3 is 2.84 bits per heavy atom. The molecule has 0 spiro atoms. The zero-order valence-corrected chi connectivity index (χ0v) is 14.1. The number of para-hydroxylation sites is 1. The number of fused-ring (bicyclic) bond motifs is 2. The highest BCUT2D eigenvalue weighted by atomic mass is 32.1. The maximum absolute atomic E-state index is 5.74. The van der Waals surface area contributed by atoms with Crippen LogP contribution >= 0.6 is 11.3 Å². The van der Waals surface area contributed by atoms with Crippen molar-refractivity contribution < 1.29 is 0 Å². The molecular weight excluding hydrogens is 334 g/mol. The lowest BCUT2D eigenvalue weighted by Gasteiger charge is -2.33. The van der Waals surface area contributed by atoms with Gasteiger partial charge in [-0.3, -0.25) is 0 Å². The minimum Gasteiger partial charge on any atom is -0.396 e. The lowest BCUT2D eigenvalue weighted by atomic mass is 10.0. The molecule has 0 saturated carbocycles. The summed E-state index contributed by atoms with van der Waals surface area (Å²) in [5.41, 5.74) is 9.44. The summed E-state index contributed by atoms with van der Waals surface area (Å²) in [5.74, 6) is 0.645. The predicted octanol–water partition coefficient (Wildman–Crippen LogP) is 2.54. The van der Waals surface area contributed by atoms with E-state index in [9.17, 15) is 0 Å². The Labute approximate surface area is 147 Å². The minimum atomic E-state index is -0.101. The molecule has 4 heterocycles. The second kappa shape index (κ2) is 5.52.